The molecule has 0 heterocycles. The van der Waals surface area contributed by atoms with Gasteiger partial charge in [0.15, 0.2) is 0 Å². The maximum absolute atomic E-state index is 10.5. The van der Waals surface area contributed by atoms with E-state index in [2.05, 4.69) is 0 Å². The normalized spacial score (nSPS) is 28.1. The highest BCUT2D eigenvalue weighted by atomic mass is 16.3. The molecule has 2 saturated carbocycles. The minimum absolute atomic E-state index is 0.0808. The molecule has 2 nitrogen and oxygen atoms in total. The van der Waals surface area contributed by atoms with Gasteiger partial charge in [0.2, 0.25) is 0 Å². The van der Waals surface area contributed by atoms with E-state index in [0.717, 1.165) is 25.2 Å². The van der Waals surface area contributed by atoms with E-state index in [4.69, 9.17) is 5.73 Å². The van der Waals surface area contributed by atoms with Gasteiger partial charge in [0.25, 0.3) is 0 Å². The Morgan fingerprint density at radius 3 is 2.25 bits per heavy atom. The summed E-state index contributed by atoms with van der Waals surface area (Å²) < 4.78 is 0. The summed E-state index contributed by atoms with van der Waals surface area (Å²) in [6.45, 7) is 0.681. The zero-order valence-corrected chi connectivity index (χ0v) is 10.5. The van der Waals surface area contributed by atoms with Crippen molar-refractivity contribution in [3.63, 3.8) is 0 Å². The molecule has 16 heavy (non-hydrogen) atoms. The zero-order valence-electron chi connectivity index (χ0n) is 10.5. The van der Waals surface area contributed by atoms with Gasteiger partial charge in [-0.1, -0.05) is 44.9 Å². The summed E-state index contributed by atoms with van der Waals surface area (Å²) >= 11 is 0. The van der Waals surface area contributed by atoms with Crippen LogP contribution in [-0.2, 0) is 0 Å². The quantitative estimate of drug-likeness (QED) is 0.773. The van der Waals surface area contributed by atoms with Gasteiger partial charge in [0, 0.05) is 12.0 Å². The first-order valence-electron chi connectivity index (χ1n) is 7.15. The van der Waals surface area contributed by atoms with Crippen molar-refractivity contribution in [3.8, 4) is 0 Å². The maximum Gasteiger partial charge on any atom is 0.0611 e. The van der Waals surface area contributed by atoms with Crippen molar-refractivity contribution in [2.75, 3.05) is 6.54 Å². The van der Waals surface area contributed by atoms with Gasteiger partial charge in [-0.25, -0.2) is 0 Å². The average Bonchev–Trinajstić information content (AvgIpc) is 2.80. The van der Waals surface area contributed by atoms with E-state index in [0.29, 0.717) is 6.54 Å². The largest absolute Gasteiger partial charge is 0.392 e. The molecule has 0 spiro atoms. The number of hydrogen-bond donors (Lipinski definition) is 2. The minimum atomic E-state index is -0.136. The van der Waals surface area contributed by atoms with Crippen molar-refractivity contribution in [1.82, 2.24) is 0 Å². The predicted octanol–water partition coefficient (Wildman–Crippen LogP) is 2.84. The Labute approximate surface area is 99.6 Å². The highest BCUT2D eigenvalue weighted by Crippen LogP contribution is 2.43. The third kappa shape index (κ3) is 2.60. The van der Waals surface area contributed by atoms with Crippen LogP contribution in [0.4, 0.5) is 0 Å². The Balaban J connectivity index is 1.87. The van der Waals surface area contributed by atoms with E-state index in [1.807, 2.05) is 0 Å². The molecule has 0 saturated heterocycles. The van der Waals surface area contributed by atoms with Crippen LogP contribution in [0.25, 0.3) is 0 Å². The number of aliphatic hydroxyl groups is 1. The van der Waals surface area contributed by atoms with Crippen molar-refractivity contribution >= 4 is 0 Å². The van der Waals surface area contributed by atoms with Gasteiger partial charge in [-0.05, 0) is 25.2 Å². The standard InChI is InChI=1S/C14H27NO/c15-11-14(8-4-5-9-14)13(16)10-12-6-2-1-3-7-12/h12-13,16H,1-11,15H2. The lowest BCUT2D eigenvalue weighted by molar-refractivity contribution is 0.0113. The second-order valence-corrected chi connectivity index (χ2v) is 6.03. The molecule has 0 aromatic carbocycles. The molecule has 0 bridgehead atoms. The first kappa shape index (κ1) is 12.4. The second-order valence-electron chi connectivity index (χ2n) is 6.03. The van der Waals surface area contributed by atoms with Crippen molar-refractivity contribution in [2.24, 2.45) is 17.1 Å². The van der Waals surface area contributed by atoms with Crippen molar-refractivity contribution < 1.29 is 5.11 Å². The summed E-state index contributed by atoms with van der Waals surface area (Å²) in [6, 6.07) is 0. The van der Waals surface area contributed by atoms with Crippen LogP contribution < -0.4 is 5.73 Å². The highest BCUT2D eigenvalue weighted by molar-refractivity contribution is 4.92. The summed E-state index contributed by atoms with van der Waals surface area (Å²) in [5.74, 6) is 0.771. The lowest BCUT2D eigenvalue weighted by atomic mass is 9.74. The van der Waals surface area contributed by atoms with E-state index >= 15 is 0 Å². The SMILES string of the molecule is NCC1(C(O)CC2CCCCC2)CCCC1. The molecule has 94 valence electrons. The van der Waals surface area contributed by atoms with Crippen LogP contribution in [0.3, 0.4) is 0 Å². The Bertz CT molecular complexity index is 205. The summed E-state index contributed by atoms with van der Waals surface area (Å²) in [4.78, 5) is 0. The molecule has 2 heteroatoms. The monoisotopic (exact) mass is 225 g/mol. The molecule has 0 radical (unpaired) electrons. The molecule has 2 fully saturated rings. The van der Waals surface area contributed by atoms with Crippen LogP contribution >= 0.6 is 0 Å². The number of rotatable bonds is 4. The second kappa shape index (κ2) is 5.50. The lowest BCUT2D eigenvalue weighted by Gasteiger charge is -2.36. The van der Waals surface area contributed by atoms with Gasteiger partial charge in [-0.3, -0.25) is 0 Å². The van der Waals surface area contributed by atoms with Crippen molar-refractivity contribution in [3.05, 3.63) is 0 Å². The Kier molecular flexibility index (Phi) is 4.26. The van der Waals surface area contributed by atoms with Crippen LogP contribution in [-0.4, -0.2) is 17.8 Å². The predicted molar refractivity (Wildman–Crippen MR) is 67.2 cm³/mol. The first-order valence-corrected chi connectivity index (χ1v) is 7.15. The van der Waals surface area contributed by atoms with Gasteiger partial charge in [0.05, 0.1) is 6.10 Å². The minimum Gasteiger partial charge on any atom is -0.392 e. The van der Waals surface area contributed by atoms with E-state index in [1.54, 1.807) is 0 Å². The van der Waals surface area contributed by atoms with Crippen LogP contribution in [0.1, 0.15) is 64.2 Å². The third-order valence-corrected chi connectivity index (χ3v) is 4.99. The number of hydrogen-bond acceptors (Lipinski definition) is 2. The van der Waals surface area contributed by atoms with E-state index in [-0.39, 0.29) is 11.5 Å². The van der Waals surface area contributed by atoms with E-state index < -0.39 is 0 Å². The van der Waals surface area contributed by atoms with Crippen LogP contribution in [0.15, 0.2) is 0 Å². The number of aliphatic hydroxyl groups excluding tert-OH is 1. The zero-order chi connectivity index (χ0) is 11.4. The Morgan fingerprint density at radius 2 is 1.69 bits per heavy atom. The molecule has 1 atom stereocenters. The highest BCUT2D eigenvalue weighted by Gasteiger charge is 2.40. The molecule has 0 aliphatic heterocycles. The third-order valence-electron chi connectivity index (χ3n) is 4.99. The molecule has 0 aromatic heterocycles. The molecule has 0 amide bonds. The molecule has 2 aliphatic carbocycles. The van der Waals surface area contributed by atoms with Gasteiger partial charge in [-0.15, -0.1) is 0 Å². The molecule has 1 unspecified atom stereocenters. The maximum atomic E-state index is 10.5. The molecule has 2 rings (SSSR count). The fourth-order valence-corrected chi connectivity index (χ4v) is 3.74. The molecule has 3 N–H and O–H groups in total. The Hall–Kier alpha value is -0.0800. The van der Waals surface area contributed by atoms with Crippen molar-refractivity contribution in [1.29, 1.82) is 0 Å². The fourth-order valence-electron chi connectivity index (χ4n) is 3.74. The Morgan fingerprint density at radius 1 is 1.06 bits per heavy atom. The summed E-state index contributed by atoms with van der Waals surface area (Å²) in [5, 5.41) is 10.5. The fraction of sp³-hybridized carbons (Fsp3) is 1.00. The molecular formula is C14H27NO. The molecule has 2 aliphatic rings. The van der Waals surface area contributed by atoms with Crippen LogP contribution in [0, 0.1) is 11.3 Å². The topological polar surface area (TPSA) is 46.2 Å². The summed E-state index contributed by atoms with van der Waals surface area (Å²) in [5.41, 5.74) is 6.00. The van der Waals surface area contributed by atoms with Gasteiger partial charge in [0.1, 0.15) is 0 Å². The molecular weight excluding hydrogens is 198 g/mol. The molecule has 0 aromatic rings. The lowest BCUT2D eigenvalue weighted by Crippen LogP contribution is -2.40. The number of nitrogens with two attached hydrogens (primary N) is 1. The van der Waals surface area contributed by atoms with E-state index in [9.17, 15) is 5.11 Å². The van der Waals surface area contributed by atoms with Gasteiger partial charge < -0.3 is 10.8 Å². The smallest absolute Gasteiger partial charge is 0.0611 e. The van der Waals surface area contributed by atoms with Gasteiger partial charge >= 0.3 is 0 Å². The van der Waals surface area contributed by atoms with Crippen LogP contribution in [0.5, 0.6) is 0 Å². The van der Waals surface area contributed by atoms with Crippen LogP contribution in [0.2, 0.25) is 0 Å². The summed E-state index contributed by atoms with van der Waals surface area (Å²) in [6.07, 6.45) is 12.5. The van der Waals surface area contributed by atoms with Crippen molar-refractivity contribution in [2.45, 2.75) is 70.3 Å². The average molecular weight is 225 g/mol. The van der Waals surface area contributed by atoms with E-state index in [1.165, 1.54) is 44.9 Å². The van der Waals surface area contributed by atoms with Gasteiger partial charge in [-0.2, -0.15) is 0 Å². The summed E-state index contributed by atoms with van der Waals surface area (Å²) in [7, 11) is 0. The first-order chi connectivity index (χ1) is 7.77.